The Balaban J connectivity index is 2.87. The van der Waals surface area contributed by atoms with E-state index in [1.165, 1.54) is 0 Å². The second-order valence-corrected chi connectivity index (χ2v) is 5.14. The molecule has 66 valence electrons. The van der Waals surface area contributed by atoms with Gasteiger partial charge in [0.25, 0.3) is 0 Å². The minimum absolute atomic E-state index is 0.974. The van der Waals surface area contributed by atoms with Crippen molar-refractivity contribution in [3.63, 3.8) is 0 Å². The molecule has 1 heterocycles. The van der Waals surface area contributed by atoms with Gasteiger partial charge in [0.1, 0.15) is 0 Å². The maximum Gasteiger partial charge on any atom is 0.0725 e. The number of aromatic nitrogens is 1. The van der Waals surface area contributed by atoms with Gasteiger partial charge in [-0.25, -0.2) is 0 Å². The summed E-state index contributed by atoms with van der Waals surface area (Å²) in [5.74, 6) is 0. The second kappa shape index (κ2) is 3.67. The van der Waals surface area contributed by atoms with Crippen LogP contribution in [0.1, 0.15) is 0 Å². The molecule has 4 heteroatoms. The molecule has 0 aliphatic carbocycles. The summed E-state index contributed by atoms with van der Waals surface area (Å²) in [5.41, 5.74) is 0.976. The quantitative estimate of drug-likeness (QED) is 0.668. The summed E-state index contributed by atoms with van der Waals surface area (Å²) in [6.45, 7) is 0. The van der Waals surface area contributed by atoms with E-state index in [1.54, 1.807) is 6.20 Å². The highest BCUT2D eigenvalue weighted by molar-refractivity contribution is 9.13. The van der Waals surface area contributed by atoms with Gasteiger partial charge in [0.2, 0.25) is 0 Å². The lowest BCUT2D eigenvalue weighted by Gasteiger charge is -2.01. The Morgan fingerprint density at radius 3 is 2.62 bits per heavy atom. The Morgan fingerprint density at radius 2 is 1.85 bits per heavy atom. The molecule has 0 radical (unpaired) electrons. The molecule has 1 aromatic heterocycles. The molecule has 2 aromatic rings. The van der Waals surface area contributed by atoms with Gasteiger partial charge in [-0.2, -0.15) is 0 Å². The Hall–Kier alpha value is 0.0700. The lowest BCUT2D eigenvalue weighted by molar-refractivity contribution is 1.37. The molecule has 13 heavy (non-hydrogen) atoms. The average Bonchev–Trinajstić information content (AvgIpc) is 2.12. The molecule has 0 unspecified atom stereocenters. The van der Waals surface area contributed by atoms with Gasteiger partial charge in [-0.3, -0.25) is 4.98 Å². The highest BCUT2D eigenvalue weighted by atomic mass is 79.9. The van der Waals surface area contributed by atoms with Crippen LogP contribution in [0.3, 0.4) is 0 Å². The van der Waals surface area contributed by atoms with Crippen LogP contribution < -0.4 is 0 Å². The van der Waals surface area contributed by atoms with E-state index < -0.39 is 0 Å². The van der Waals surface area contributed by atoms with E-state index in [0.717, 1.165) is 24.3 Å². The van der Waals surface area contributed by atoms with Crippen LogP contribution in [0.4, 0.5) is 0 Å². The minimum Gasteiger partial charge on any atom is -0.255 e. The van der Waals surface area contributed by atoms with Gasteiger partial charge in [0.05, 0.1) is 9.99 Å². The van der Waals surface area contributed by atoms with Gasteiger partial charge in [-0.15, -0.1) is 0 Å². The van der Waals surface area contributed by atoms with E-state index in [0.29, 0.717) is 0 Å². The molecule has 2 rings (SSSR count). The van der Waals surface area contributed by atoms with Crippen LogP contribution in [0.5, 0.6) is 0 Å². The van der Waals surface area contributed by atoms with Crippen LogP contribution in [0.15, 0.2) is 37.8 Å². The fourth-order valence-corrected chi connectivity index (χ4v) is 2.21. The highest BCUT2D eigenvalue weighted by Crippen LogP contribution is 2.30. The summed E-state index contributed by atoms with van der Waals surface area (Å²) in [6.07, 6.45) is 1.79. The molecule has 0 amide bonds. The zero-order valence-corrected chi connectivity index (χ0v) is 11.1. The van der Waals surface area contributed by atoms with Gasteiger partial charge in [-0.1, -0.05) is 22.0 Å². The van der Waals surface area contributed by atoms with Crippen molar-refractivity contribution in [1.29, 1.82) is 0 Å². The predicted molar refractivity (Wildman–Crippen MR) is 64.8 cm³/mol. The van der Waals surface area contributed by atoms with Crippen molar-refractivity contribution in [2.24, 2.45) is 0 Å². The van der Waals surface area contributed by atoms with E-state index in [9.17, 15) is 0 Å². The first-order valence-electron chi connectivity index (χ1n) is 3.58. The molecule has 0 atom stereocenters. The topological polar surface area (TPSA) is 12.9 Å². The van der Waals surface area contributed by atoms with Crippen molar-refractivity contribution in [2.75, 3.05) is 0 Å². The Kier molecular flexibility index (Phi) is 2.72. The molecule has 1 nitrogen and oxygen atoms in total. The number of hydrogen-bond donors (Lipinski definition) is 0. The fourth-order valence-electron chi connectivity index (χ4n) is 1.11. The van der Waals surface area contributed by atoms with E-state index in [4.69, 9.17) is 0 Å². The largest absolute Gasteiger partial charge is 0.255 e. The van der Waals surface area contributed by atoms with Gasteiger partial charge in [0, 0.05) is 20.5 Å². The van der Waals surface area contributed by atoms with Gasteiger partial charge >= 0.3 is 0 Å². The van der Waals surface area contributed by atoms with Gasteiger partial charge in [-0.05, 0) is 44.0 Å². The second-order valence-electron chi connectivity index (χ2n) is 2.58. The van der Waals surface area contributed by atoms with E-state index in [2.05, 4.69) is 52.8 Å². The van der Waals surface area contributed by atoms with Crippen molar-refractivity contribution in [2.45, 2.75) is 0 Å². The number of halogens is 3. The first-order chi connectivity index (χ1) is 6.18. The summed E-state index contributed by atoms with van der Waals surface area (Å²) in [4.78, 5) is 4.30. The number of rotatable bonds is 0. The third-order valence-corrected chi connectivity index (χ3v) is 4.20. The van der Waals surface area contributed by atoms with Gasteiger partial charge in [0.15, 0.2) is 0 Å². The molecule has 0 saturated heterocycles. The monoisotopic (exact) mass is 363 g/mol. The molecule has 0 aliphatic heterocycles. The molecule has 0 spiro atoms. The SMILES string of the molecule is Brc1ccc2c(Br)c(Br)cnc2c1. The van der Waals surface area contributed by atoms with Crippen LogP contribution in [0, 0.1) is 0 Å². The first-order valence-corrected chi connectivity index (χ1v) is 5.95. The summed E-state index contributed by atoms with van der Waals surface area (Å²) >= 11 is 10.3. The molecule has 0 N–H and O–H groups in total. The fraction of sp³-hybridized carbons (Fsp3) is 0. The summed E-state index contributed by atoms with van der Waals surface area (Å²) in [5, 5.41) is 1.11. The Morgan fingerprint density at radius 1 is 1.08 bits per heavy atom. The van der Waals surface area contributed by atoms with E-state index in [-0.39, 0.29) is 0 Å². The Labute approximate surface area is 101 Å². The number of hydrogen-bond acceptors (Lipinski definition) is 1. The highest BCUT2D eigenvalue weighted by Gasteiger charge is 2.03. The maximum absolute atomic E-state index is 4.30. The lowest BCUT2D eigenvalue weighted by Crippen LogP contribution is -1.81. The summed E-state index contributed by atoms with van der Waals surface area (Å²) in [7, 11) is 0. The average molecular weight is 366 g/mol. The lowest BCUT2D eigenvalue weighted by atomic mass is 10.2. The Bertz CT molecular complexity index is 468. The summed E-state index contributed by atoms with van der Waals surface area (Å²) < 4.78 is 3.06. The van der Waals surface area contributed by atoms with Gasteiger partial charge < -0.3 is 0 Å². The zero-order valence-electron chi connectivity index (χ0n) is 6.39. The number of nitrogens with zero attached hydrogens (tertiary/aromatic N) is 1. The maximum atomic E-state index is 4.30. The van der Waals surface area contributed by atoms with Crippen LogP contribution in [-0.4, -0.2) is 4.98 Å². The van der Waals surface area contributed by atoms with E-state index in [1.807, 2.05) is 18.2 Å². The van der Waals surface area contributed by atoms with E-state index >= 15 is 0 Å². The van der Waals surface area contributed by atoms with Crippen LogP contribution in [0.25, 0.3) is 10.9 Å². The van der Waals surface area contributed by atoms with Crippen molar-refractivity contribution in [3.8, 4) is 0 Å². The predicted octanol–water partition coefficient (Wildman–Crippen LogP) is 4.52. The number of fused-ring (bicyclic) bond motifs is 1. The normalized spacial score (nSPS) is 10.7. The smallest absolute Gasteiger partial charge is 0.0725 e. The third-order valence-electron chi connectivity index (χ3n) is 1.72. The molecule has 0 bridgehead atoms. The third kappa shape index (κ3) is 1.80. The molecule has 0 aliphatic rings. The van der Waals surface area contributed by atoms with Crippen molar-refractivity contribution in [3.05, 3.63) is 37.8 Å². The van der Waals surface area contributed by atoms with Crippen LogP contribution >= 0.6 is 47.8 Å². The zero-order chi connectivity index (χ0) is 9.42. The number of benzene rings is 1. The van der Waals surface area contributed by atoms with Crippen molar-refractivity contribution < 1.29 is 0 Å². The summed E-state index contributed by atoms with van der Waals surface area (Å²) in [6, 6.07) is 6.02. The molecular weight excluding hydrogens is 362 g/mol. The standard InChI is InChI=1S/C9H4Br3N/c10-5-1-2-6-8(3-5)13-4-7(11)9(6)12/h1-4H. The van der Waals surface area contributed by atoms with Crippen LogP contribution in [0.2, 0.25) is 0 Å². The van der Waals surface area contributed by atoms with Crippen molar-refractivity contribution in [1.82, 2.24) is 4.98 Å². The van der Waals surface area contributed by atoms with Crippen LogP contribution in [-0.2, 0) is 0 Å². The number of pyridine rings is 1. The molecule has 0 saturated carbocycles. The molecule has 0 fully saturated rings. The minimum atomic E-state index is 0.974. The molecular formula is C9H4Br3N. The molecule has 1 aromatic carbocycles. The van der Waals surface area contributed by atoms with Crippen molar-refractivity contribution >= 4 is 58.7 Å². The first kappa shape index (κ1) is 9.62.